The molecule has 1 atom stereocenters. The second-order valence-corrected chi connectivity index (χ2v) is 7.64. The molecular formula is C20H30N2O4. The summed E-state index contributed by atoms with van der Waals surface area (Å²) < 4.78 is 5.36. The molecule has 1 aliphatic rings. The number of amides is 2. The van der Waals surface area contributed by atoms with E-state index in [9.17, 15) is 14.7 Å². The number of ether oxygens (including phenoxy) is 1. The summed E-state index contributed by atoms with van der Waals surface area (Å²) in [5.74, 6) is 0.649. The molecule has 144 valence electrons. The van der Waals surface area contributed by atoms with Gasteiger partial charge in [0.25, 0.3) is 0 Å². The number of para-hydroxylation sites is 1. The third-order valence-electron chi connectivity index (χ3n) is 4.84. The van der Waals surface area contributed by atoms with Crippen LogP contribution in [0.15, 0.2) is 24.3 Å². The zero-order valence-corrected chi connectivity index (χ0v) is 16.2. The Morgan fingerprint density at radius 1 is 1.38 bits per heavy atom. The first-order valence-electron chi connectivity index (χ1n) is 9.08. The molecule has 1 N–H and O–H groups in total. The Labute approximate surface area is 155 Å². The van der Waals surface area contributed by atoms with Gasteiger partial charge < -0.3 is 19.6 Å². The topological polar surface area (TPSA) is 70.1 Å². The molecule has 0 spiro atoms. The van der Waals surface area contributed by atoms with Crippen LogP contribution in [0.5, 0.6) is 5.75 Å². The summed E-state index contributed by atoms with van der Waals surface area (Å²) in [5, 5.41) is 9.85. The van der Waals surface area contributed by atoms with E-state index in [4.69, 9.17) is 4.74 Å². The maximum atomic E-state index is 12.7. The first kappa shape index (κ1) is 20.2. The first-order chi connectivity index (χ1) is 12.2. The Kier molecular flexibility index (Phi) is 6.64. The fourth-order valence-electron chi connectivity index (χ4n) is 3.17. The largest absolute Gasteiger partial charge is 0.496 e. The molecule has 0 radical (unpaired) electrons. The minimum atomic E-state index is -0.799. The normalized spacial score (nSPS) is 18.0. The summed E-state index contributed by atoms with van der Waals surface area (Å²) in [6.07, 6.45) is 1.48. The van der Waals surface area contributed by atoms with Crippen LogP contribution >= 0.6 is 0 Å². The summed E-state index contributed by atoms with van der Waals surface area (Å²) in [6.45, 7) is 4.83. The highest BCUT2D eigenvalue weighted by atomic mass is 16.5. The molecule has 6 heteroatoms. The number of benzene rings is 1. The second kappa shape index (κ2) is 8.54. The van der Waals surface area contributed by atoms with E-state index < -0.39 is 5.60 Å². The number of aliphatic hydroxyl groups is 1. The zero-order valence-electron chi connectivity index (χ0n) is 16.2. The molecule has 1 aromatic carbocycles. The minimum Gasteiger partial charge on any atom is -0.496 e. The van der Waals surface area contributed by atoms with Crippen molar-refractivity contribution >= 4 is 11.8 Å². The Morgan fingerprint density at radius 3 is 2.73 bits per heavy atom. The minimum absolute atomic E-state index is 0.0341. The second-order valence-electron chi connectivity index (χ2n) is 7.64. The van der Waals surface area contributed by atoms with Gasteiger partial charge >= 0.3 is 0 Å². The maximum Gasteiger partial charge on any atom is 0.227 e. The first-order valence-corrected chi connectivity index (χ1v) is 9.08. The molecule has 1 aliphatic heterocycles. The number of carbonyl (C=O) groups is 2. The molecule has 6 nitrogen and oxygen atoms in total. The lowest BCUT2D eigenvalue weighted by Crippen LogP contribution is -2.46. The SMILES string of the molecule is COc1ccccc1CN1C[C@@H](C(=O)N(C)CCC(C)(C)O)CCC1=O. The summed E-state index contributed by atoms with van der Waals surface area (Å²) in [6, 6.07) is 7.62. The maximum absolute atomic E-state index is 12.7. The molecular weight excluding hydrogens is 332 g/mol. The van der Waals surface area contributed by atoms with E-state index in [0.29, 0.717) is 38.9 Å². The van der Waals surface area contributed by atoms with Gasteiger partial charge in [0.1, 0.15) is 5.75 Å². The lowest BCUT2D eigenvalue weighted by atomic mass is 9.95. The lowest BCUT2D eigenvalue weighted by Gasteiger charge is -2.34. The molecule has 0 aliphatic carbocycles. The number of methoxy groups -OCH3 is 1. The van der Waals surface area contributed by atoms with Crippen LogP contribution in [0.4, 0.5) is 0 Å². The molecule has 0 saturated carbocycles. The molecule has 1 heterocycles. The van der Waals surface area contributed by atoms with Crippen LogP contribution in [0.25, 0.3) is 0 Å². The van der Waals surface area contributed by atoms with E-state index in [1.807, 2.05) is 24.3 Å². The fourth-order valence-corrected chi connectivity index (χ4v) is 3.17. The summed E-state index contributed by atoms with van der Waals surface area (Å²) >= 11 is 0. The predicted molar refractivity (Wildman–Crippen MR) is 99.7 cm³/mol. The molecule has 2 rings (SSSR count). The van der Waals surface area contributed by atoms with E-state index in [0.717, 1.165) is 11.3 Å². The van der Waals surface area contributed by atoms with Gasteiger partial charge in [-0.15, -0.1) is 0 Å². The lowest BCUT2D eigenvalue weighted by molar-refractivity contribution is -0.143. The average molecular weight is 362 g/mol. The van der Waals surface area contributed by atoms with E-state index in [1.165, 1.54) is 0 Å². The van der Waals surface area contributed by atoms with Crippen molar-refractivity contribution in [1.82, 2.24) is 9.80 Å². The fraction of sp³-hybridized carbons (Fsp3) is 0.600. The van der Waals surface area contributed by atoms with Crippen molar-refractivity contribution in [2.45, 2.75) is 45.3 Å². The Morgan fingerprint density at radius 2 is 2.08 bits per heavy atom. The van der Waals surface area contributed by atoms with Gasteiger partial charge in [-0.25, -0.2) is 0 Å². The smallest absolute Gasteiger partial charge is 0.227 e. The highest BCUT2D eigenvalue weighted by Crippen LogP contribution is 2.25. The van der Waals surface area contributed by atoms with Gasteiger partial charge in [-0.2, -0.15) is 0 Å². The van der Waals surface area contributed by atoms with Gasteiger partial charge in [0.15, 0.2) is 0 Å². The quantitative estimate of drug-likeness (QED) is 0.806. The number of carbonyl (C=O) groups excluding carboxylic acids is 2. The van der Waals surface area contributed by atoms with Crippen LogP contribution in [0, 0.1) is 5.92 Å². The van der Waals surface area contributed by atoms with Crippen molar-refractivity contribution in [3.63, 3.8) is 0 Å². The van der Waals surface area contributed by atoms with Crippen molar-refractivity contribution in [3.8, 4) is 5.75 Å². The third kappa shape index (κ3) is 5.46. The van der Waals surface area contributed by atoms with Crippen LogP contribution < -0.4 is 4.74 Å². The Bertz CT molecular complexity index is 639. The standard InChI is InChI=1S/C20H30N2O4/c1-20(2,25)11-12-21(3)19(24)16-9-10-18(23)22(14-16)13-15-7-5-6-8-17(15)26-4/h5-8,16,25H,9-14H2,1-4H3/t16-/m0/s1. The van der Waals surface area contributed by atoms with Crippen molar-refractivity contribution in [3.05, 3.63) is 29.8 Å². The van der Waals surface area contributed by atoms with Crippen LogP contribution in [0.3, 0.4) is 0 Å². The summed E-state index contributed by atoms with van der Waals surface area (Å²) in [5.41, 5.74) is 0.138. The molecule has 0 bridgehead atoms. The van der Waals surface area contributed by atoms with Crippen LogP contribution in [-0.4, -0.2) is 59.6 Å². The molecule has 1 fully saturated rings. The number of likely N-dealkylation sites (tertiary alicyclic amines) is 1. The zero-order chi connectivity index (χ0) is 19.3. The summed E-state index contributed by atoms with van der Waals surface area (Å²) in [7, 11) is 3.37. The highest BCUT2D eigenvalue weighted by molar-refractivity contribution is 5.83. The average Bonchev–Trinajstić information content (AvgIpc) is 2.60. The Hall–Kier alpha value is -2.08. The summed E-state index contributed by atoms with van der Waals surface area (Å²) in [4.78, 5) is 28.5. The van der Waals surface area contributed by atoms with Crippen LogP contribution in [0.1, 0.15) is 38.7 Å². The van der Waals surface area contributed by atoms with Crippen molar-refractivity contribution in [2.75, 3.05) is 27.2 Å². The molecule has 2 amide bonds. The van der Waals surface area contributed by atoms with Crippen molar-refractivity contribution in [1.29, 1.82) is 0 Å². The molecule has 1 aromatic rings. The molecule has 0 unspecified atom stereocenters. The van der Waals surface area contributed by atoms with E-state index in [-0.39, 0.29) is 17.7 Å². The van der Waals surface area contributed by atoms with E-state index >= 15 is 0 Å². The number of nitrogens with zero attached hydrogens (tertiary/aromatic N) is 2. The van der Waals surface area contributed by atoms with Crippen LogP contribution in [-0.2, 0) is 16.1 Å². The van der Waals surface area contributed by atoms with Gasteiger partial charge in [-0.3, -0.25) is 9.59 Å². The number of piperidine rings is 1. The number of hydrogen-bond acceptors (Lipinski definition) is 4. The van der Waals surface area contributed by atoms with Gasteiger partial charge in [0.2, 0.25) is 11.8 Å². The van der Waals surface area contributed by atoms with Crippen molar-refractivity contribution < 1.29 is 19.4 Å². The van der Waals surface area contributed by atoms with Gasteiger partial charge in [-0.05, 0) is 32.8 Å². The number of rotatable bonds is 7. The van der Waals surface area contributed by atoms with E-state index in [1.54, 1.807) is 37.8 Å². The van der Waals surface area contributed by atoms with E-state index in [2.05, 4.69) is 0 Å². The van der Waals surface area contributed by atoms with Gasteiger partial charge in [0.05, 0.1) is 18.6 Å². The van der Waals surface area contributed by atoms with Crippen molar-refractivity contribution in [2.24, 2.45) is 5.92 Å². The number of hydrogen-bond donors (Lipinski definition) is 1. The van der Waals surface area contributed by atoms with Gasteiger partial charge in [-0.1, -0.05) is 18.2 Å². The monoisotopic (exact) mass is 362 g/mol. The molecule has 26 heavy (non-hydrogen) atoms. The highest BCUT2D eigenvalue weighted by Gasteiger charge is 2.32. The molecule has 1 saturated heterocycles. The third-order valence-corrected chi connectivity index (χ3v) is 4.84. The Balaban J connectivity index is 2.00. The van der Waals surface area contributed by atoms with Gasteiger partial charge in [0, 0.05) is 38.7 Å². The van der Waals surface area contributed by atoms with Crippen LogP contribution in [0.2, 0.25) is 0 Å². The molecule has 0 aromatic heterocycles. The predicted octanol–water partition coefficient (Wildman–Crippen LogP) is 2.05.